The smallest absolute Gasteiger partial charge is 0.262 e. The van der Waals surface area contributed by atoms with E-state index in [1.165, 1.54) is 19.3 Å². The highest BCUT2D eigenvalue weighted by molar-refractivity contribution is 5.93. The normalized spacial score (nSPS) is 22.4. The summed E-state index contributed by atoms with van der Waals surface area (Å²) in [5.41, 5.74) is 3.01. The summed E-state index contributed by atoms with van der Waals surface area (Å²) in [4.78, 5) is 12.1. The number of aryl methyl sites for hydroxylation is 1. The van der Waals surface area contributed by atoms with E-state index in [0.717, 1.165) is 54.6 Å². The molecule has 0 unspecified atom stereocenters. The molecule has 3 aromatic heterocycles. The van der Waals surface area contributed by atoms with Crippen LogP contribution in [0.1, 0.15) is 50.7 Å². The van der Waals surface area contributed by atoms with Crippen LogP contribution in [0.3, 0.4) is 0 Å². The van der Waals surface area contributed by atoms with Crippen molar-refractivity contribution in [2.75, 3.05) is 11.9 Å². The van der Waals surface area contributed by atoms with E-state index in [-0.39, 0.29) is 23.5 Å². The molecule has 8 nitrogen and oxygen atoms in total. The van der Waals surface area contributed by atoms with Crippen molar-refractivity contribution in [3.05, 3.63) is 30.2 Å². The van der Waals surface area contributed by atoms with Crippen molar-refractivity contribution in [1.29, 1.82) is 0 Å². The molecule has 6 rings (SSSR count). The number of nitrogens with zero attached hydrogens (tertiary/aromatic N) is 3. The molecule has 3 fully saturated rings. The van der Waals surface area contributed by atoms with Gasteiger partial charge in [-0.3, -0.25) is 4.79 Å². The molecule has 2 saturated carbocycles. The number of fused-ring (bicyclic) bond motifs is 1. The Bertz CT molecular complexity index is 1140. The van der Waals surface area contributed by atoms with Crippen LogP contribution in [0.5, 0.6) is 5.88 Å². The zero-order chi connectivity index (χ0) is 21.0. The second kappa shape index (κ2) is 7.09. The van der Waals surface area contributed by atoms with Gasteiger partial charge in [0.25, 0.3) is 5.88 Å². The topological polar surface area (TPSA) is 93.7 Å². The summed E-state index contributed by atoms with van der Waals surface area (Å²) in [5.74, 6) is 2.07. The highest BCUT2D eigenvalue weighted by Crippen LogP contribution is 2.41. The fraction of sp³-hybridized carbons (Fsp3) is 0.522. The van der Waals surface area contributed by atoms with Crippen molar-refractivity contribution >= 4 is 17.2 Å². The third-order valence-corrected chi connectivity index (χ3v) is 6.96. The minimum Gasteiger partial charge on any atom is -0.472 e. The van der Waals surface area contributed by atoms with Crippen LogP contribution in [0.2, 0.25) is 0 Å². The SMILES string of the molecule is Cc1onc(O[C@@H]2CCNC3(CCC3)C2)c1-c1ccn2nc(NC(=O)C3CC3)cc2c1. The number of carbonyl (C=O) groups excluding carboxylic acids is 1. The van der Waals surface area contributed by atoms with E-state index in [0.29, 0.717) is 11.7 Å². The van der Waals surface area contributed by atoms with Crippen LogP contribution in [0.4, 0.5) is 5.82 Å². The molecule has 3 aromatic rings. The maximum absolute atomic E-state index is 12.1. The van der Waals surface area contributed by atoms with Gasteiger partial charge in [-0.2, -0.15) is 5.10 Å². The fourth-order valence-electron chi connectivity index (χ4n) is 4.90. The maximum atomic E-state index is 12.1. The zero-order valence-corrected chi connectivity index (χ0v) is 17.7. The van der Waals surface area contributed by atoms with Gasteiger partial charge in [-0.15, -0.1) is 0 Å². The Morgan fingerprint density at radius 3 is 2.97 bits per heavy atom. The van der Waals surface area contributed by atoms with Gasteiger partial charge in [0.1, 0.15) is 11.9 Å². The highest BCUT2D eigenvalue weighted by atomic mass is 16.5. The van der Waals surface area contributed by atoms with Crippen LogP contribution in [0.15, 0.2) is 28.9 Å². The second-order valence-corrected chi connectivity index (χ2v) is 9.29. The lowest BCUT2D eigenvalue weighted by atomic mass is 9.71. The summed E-state index contributed by atoms with van der Waals surface area (Å²) in [5, 5.41) is 15.3. The monoisotopic (exact) mass is 421 g/mol. The molecule has 162 valence electrons. The van der Waals surface area contributed by atoms with Gasteiger partial charge in [0.15, 0.2) is 5.82 Å². The van der Waals surface area contributed by atoms with Crippen molar-refractivity contribution in [3.8, 4) is 17.0 Å². The number of rotatable bonds is 5. The van der Waals surface area contributed by atoms with Crippen LogP contribution in [-0.4, -0.2) is 38.9 Å². The average molecular weight is 422 g/mol. The molecule has 1 aliphatic heterocycles. The molecule has 4 heterocycles. The lowest BCUT2D eigenvalue weighted by Crippen LogP contribution is -2.57. The van der Waals surface area contributed by atoms with Crippen molar-refractivity contribution in [3.63, 3.8) is 0 Å². The molecule has 8 heteroatoms. The number of anilines is 1. The first-order valence-electron chi connectivity index (χ1n) is 11.3. The maximum Gasteiger partial charge on any atom is 0.262 e. The Balaban J connectivity index is 1.25. The van der Waals surface area contributed by atoms with E-state index in [1.54, 1.807) is 4.52 Å². The van der Waals surface area contributed by atoms with Gasteiger partial charge in [0, 0.05) is 30.1 Å². The van der Waals surface area contributed by atoms with E-state index in [9.17, 15) is 4.79 Å². The third kappa shape index (κ3) is 3.48. The van der Waals surface area contributed by atoms with E-state index < -0.39 is 0 Å². The number of hydrogen-bond donors (Lipinski definition) is 2. The van der Waals surface area contributed by atoms with Gasteiger partial charge in [-0.25, -0.2) is 4.52 Å². The minimum absolute atomic E-state index is 0.0559. The van der Waals surface area contributed by atoms with Crippen molar-refractivity contribution in [1.82, 2.24) is 20.1 Å². The van der Waals surface area contributed by atoms with E-state index in [2.05, 4.69) is 20.9 Å². The summed E-state index contributed by atoms with van der Waals surface area (Å²) in [6, 6.07) is 5.90. The number of pyridine rings is 1. The Labute approximate surface area is 180 Å². The average Bonchev–Trinajstić information content (AvgIpc) is 3.43. The second-order valence-electron chi connectivity index (χ2n) is 9.29. The Morgan fingerprint density at radius 2 is 2.19 bits per heavy atom. The van der Waals surface area contributed by atoms with E-state index >= 15 is 0 Å². The number of carbonyl (C=O) groups is 1. The van der Waals surface area contributed by atoms with Gasteiger partial charge in [0.05, 0.1) is 11.1 Å². The van der Waals surface area contributed by atoms with Crippen LogP contribution in [0, 0.1) is 12.8 Å². The molecule has 1 saturated heterocycles. The Hall–Kier alpha value is -2.87. The summed E-state index contributed by atoms with van der Waals surface area (Å²) in [6.45, 7) is 2.89. The summed E-state index contributed by atoms with van der Waals surface area (Å²) in [7, 11) is 0. The highest BCUT2D eigenvalue weighted by Gasteiger charge is 2.42. The lowest BCUT2D eigenvalue weighted by molar-refractivity contribution is -0.117. The predicted octanol–water partition coefficient (Wildman–Crippen LogP) is 3.70. The summed E-state index contributed by atoms with van der Waals surface area (Å²) < 4.78 is 13.7. The van der Waals surface area contributed by atoms with Crippen molar-refractivity contribution in [2.24, 2.45) is 5.92 Å². The molecule has 0 radical (unpaired) electrons. The number of hydrogen-bond acceptors (Lipinski definition) is 6. The standard InChI is InChI=1S/C23H27N5O3/c1-14-20(22(27-31-14)30-18-5-9-24-23(13-18)7-2-8-23)16-6-10-28-17(11-16)12-19(26-28)25-21(29)15-3-4-15/h6,10-12,15,18,24H,2-5,7-9,13H2,1H3,(H,25,26,29)/t18-/m1/s1. The fourth-order valence-corrected chi connectivity index (χ4v) is 4.90. The number of amides is 1. The van der Waals surface area contributed by atoms with Crippen molar-refractivity contribution < 1.29 is 14.1 Å². The molecule has 2 aliphatic carbocycles. The zero-order valence-electron chi connectivity index (χ0n) is 17.7. The largest absolute Gasteiger partial charge is 0.472 e. The van der Waals surface area contributed by atoms with Crippen LogP contribution in [0.25, 0.3) is 16.6 Å². The van der Waals surface area contributed by atoms with Crippen LogP contribution in [-0.2, 0) is 4.79 Å². The minimum atomic E-state index is 0.0559. The quantitative estimate of drug-likeness (QED) is 0.652. The molecule has 1 spiro atoms. The molecular formula is C23H27N5O3. The Morgan fingerprint density at radius 1 is 1.32 bits per heavy atom. The van der Waals surface area contributed by atoms with Crippen LogP contribution >= 0.6 is 0 Å². The number of nitrogens with one attached hydrogen (secondary N) is 2. The van der Waals surface area contributed by atoms with Gasteiger partial charge in [0.2, 0.25) is 5.91 Å². The first-order valence-corrected chi connectivity index (χ1v) is 11.3. The lowest BCUT2D eigenvalue weighted by Gasteiger charge is -2.48. The number of ether oxygens (including phenoxy) is 1. The van der Waals surface area contributed by atoms with Gasteiger partial charge in [-0.05, 0) is 74.8 Å². The molecule has 2 N–H and O–H groups in total. The van der Waals surface area contributed by atoms with E-state index in [4.69, 9.17) is 9.26 Å². The predicted molar refractivity (Wildman–Crippen MR) is 115 cm³/mol. The third-order valence-electron chi connectivity index (χ3n) is 6.96. The summed E-state index contributed by atoms with van der Waals surface area (Å²) in [6.07, 6.45) is 9.72. The van der Waals surface area contributed by atoms with Gasteiger partial charge >= 0.3 is 0 Å². The van der Waals surface area contributed by atoms with Crippen LogP contribution < -0.4 is 15.4 Å². The number of aromatic nitrogens is 3. The molecule has 31 heavy (non-hydrogen) atoms. The molecule has 1 atom stereocenters. The van der Waals surface area contributed by atoms with Gasteiger partial charge in [-0.1, -0.05) is 0 Å². The molecule has 0 aromatic carbocycles. The molecule has 0 bridgehead atoms. The molecular weight excluding hydrogens is 394 g/mol. The first-order chi connectivity index (χ1) is 15.1. The van der Waals surface area contributed by atoms with Crippen molar-refractivity contribution in [2.45, 2.75) is 63.5 Å². The Kier molecular flexibility index (Phi) is 4.31. The van der Waals surface area contributed by atoms with Gasteiger partial charge < -0.3 is 19.9 Å². The van der Waals surface area contributed by atoms with E-state index in [1.807, 2.05) is 31.3 Å². The first kappa shape index (κ1) is 18.9. The number of piperidine rings is 1. The molecule has 3 aliphatic rings. The summed E-state index contributed by atoms with van der Waals surface area (Å²) >= 11 is 0. The molecule has 1 amide bonds.